The van der Waals surface area contributed by atoms with Crippen molar-refractivity contribution in [3.63, 3.8) is 0 Å². The van der Waals surface area contributed by atoms with E-state index in [1.165, 1.54) is 0 Å². The molecule has 5 nitrogen and oxygen atoms in total. The highest BCUT2D eigenvalue weighted by atomic mass is 16.2. The minimum atomic E-state index is -0.468. The number of benzene rings is 1. The van der Waals surface area contributed by atoms with Gasteiger partial charge in [-0.2, -0.15) is 0 Å². The van der Waals surface area contributed by atoms with E-state index in [0.29, 0.717) is 13.1 Å². The van der Waals surface area contributed by atoms with Gasteiger partial charge in [-0.15, -0.1) is 0 Å². The molecule has 1 amide bonds. The molecule has 0 spiro atoms. The molecule has 114 valence electrons. The normalized spacial score (nSPS) is 11.8. The highest BCUT2D eigenvalue weighted by Gasteiger charge is 2.33. The fraction of sp³-hybridized carbons (Fsp3) is 0.500. The van der Waals surface area contributed by atoms with Crippen molar-refractivity contribution in [2.75, 3.05) is 6.54 Å². The summed E-state index contributed by atoms with van der Waals surface area (Å²) in [5, 5.41) is 2.99. The smallest absolute Gasteiger partial charge is 0.227 e. The lowest BCUT2D eigenvalue weighted by Gasteiger charge is -2.28. The first kappa shape index (κ1) is 15.5. The van der Waals surface area contributed by atoms with E-state index in [2.05, 4.69) is 10.3 Å². The highest BCUT2D eigenvalue weighted by Crippen LogP contribution is 2.25. The maximum Gasteiger partial charge on any atom is 0.227 e. The van der Waals surface area contributed by atoms with Crippen LogP contribution in [0.15, 0.2) is 24.3 Å². The van der Waals surface area contributed by atoms with Crippen molar-refractivity contribution in [1.29, 1.82) is 0 Å². The van der Waals surface area contributed by atoms with Gasteiger partial charge in [-0.25, -0.2) is 4.98 Å². The summed E-state index contributed by atoms with van der Waals surface area (Å²) in [5.41, 5.74) is 7.35. The van der Waals surface area contributed by atoms with Gasteiger partial charge in [-0.1, -0.05) is 26.0 Å². The number of hydrogen-bond donors (Lipinski definition) is 2. The molecule has 1 heterocycles. The highest BCUT2D eigenvalue weighted by molar-refractivity contribution is 5.83. The molecule has 0 unspecified atom stereocenters. The molecule has 0 saturated carbocycles. The van der Waals surface area contributed by atoms with Crippen LogP contribution >= 0.6 is 0 Å². The second-order valence-electron chi connectivity index (χ2n) is 5.45. The van der Waals surface area contributed by atoms with Crippen LogP contribution in [0.3, 0.4) is 0 Å². The number of aryl methyl sites for hydroxylation is 1. The van der Waals surface area contributed by atoms with E-state index >= 15 is 0 Å². The number of rotatable bonds is 6. The predicted octanol–water partition coefficient (Wildman–Crippen LogP) is 1.95. The maximum atomic E-state index is 12.4. The molecule has 0 saturated heterocycles. The third-order valence-corrected chi connectivity index (χ3v) is 4.51. The van der Waals surface area contributed by atoms with Gasteiger partial charge in [0.1, 0.15) is 5.82 Å². The van der Waals surface area contributed by atoms with Gasteiger partial charge in [0.05, 0.1) is 23.0 Å². The molecule has 1 aromatic carbocycles. The van der Waals surface area contributed by atoms with Crippen molar-refractivity contribution >= 4 is 16.9 Å². The van der Waals surface area contributed by atoms with Gasteiger partial charge in [0.15, 0.2) is 0 Å². The molecule has 0 atom stereocenters. The largest absolute Gasteiger partial charge is 0.348 e. The first-order valence-corrected chi connectivity index (χ1v) is 7.46. The number of fused-ring (bicyclic) bond motifs is 1. The summed E-state index contributed by atoms with van der Waals surface area (Å²) in [6, 6.07) is 7.95. The summed E-state index contributed by atoms with van der Waals surface area (Å²) in [7, 11) is 1.96. The van der Waals surface area contributed by atoms with E-state index < -0.39 is 5.41 Å². The van der Waals surface area contributed by atoms with E-state index in [9.17, 15) is 4.79 Å². The van der Waals surface area contributed by atoms with E-state index in [1.54, 1.807) is 0 Å². The fourth-order valence-electron chi connectivity index (χ4n) is 2.65. The Hall–Kier alpha value is -1.88. The number of imidazole rings is 1. The third-order valence-electron chi connectivity index (χ3n) is 4.51. The average Bonchev–Trinajstić information content (AvgIpc) is 2.84. The van der Waals surface area contributed by atoms with Crippen LogP contribution in [0.2, 0.25) is 0 Å². The second-order valence-corrected chi connectivity index (χ2v) is 5.45. The van der Waals surface area contributed by atoms with Gasteiger partial charge < -0.3 is 15.6 Å². The number of carbonyl (C=O) groups excluding carboxylic acids is 1. The molecule has 0 aliphatic carbocycles. The van der Waals surface area contributed by atoms with E-state index in [0.717, 1.165) is 29.7 Å². The summed E-state index contributed by atoms with van der Waals surface area (Å²) in [6.07, 6.45) is 1.49. The molecular weight excluding hydrogens is 264 g/mol. The Morgan fingerprint density at radius 1 is 1.33 bits per heavy atom. The molecule has 0 bridgehead atoms. The van der Waals surface area contributed by atoms with Crippen LogP contribution in [0, 0.1) is 5.41 Å². The van der Waals surface area contributed by atoms with Crippen molar-refractivity contribution in [1.82, 2.24) is 14.9 Å². The number of para-hydroxylation sites is 2. The number of carbonyl (C=O) groups is 1. The van der Waals surface area contributed by atoms with Crippen LogP contribution in [-0.2, 0) is 18.4 Å². The summed E-state index contributed by atoms with van der Waals surface area (Å²) < 4.78 is 2.01. The lowest BCUT2D eigenvalue weighted by molar-refractivity contribution is -0.131. The van der Waals surface area contributed by atoms with E-state index in [-0.39, 0.29) is 5.91 Å². The van der Waals surface area contributed by atoms with Gasteiger partial charge in [0.25, 0.3) is 0 Å². The quantitative estimate of drug-likeness (QED) is 0.853. The average molecular weight is 288 g/mol. The Labute approximate surface area is 125 Å². The molecule has 0 aliphatic rings. The Kier molecular flexibility index (Phi) is 4.63. The fourth-order valence-corrected chi connectivity index (χ4v) is 2.65. The first-order valence-electron chi connectivity index (χ1n) is 7.46. The number of aromatic nitrogens is 2. The third kappa shape index (κ3) is 2.78. The number of nitrogens with zero attached hydrogens (tertiary/aromatic N) is 2. The van der Waals surface area contributed by atoms with E-state index in [4.69, 9.17) is 5.73 Å². The minimum absolute atomic E-state index is 0.0158. The standard InChI is InChI=1S/C16H24N4O/c1-4-16(5-2,11-17)15(21)18-10-14-19-12-8-6-7-9-13(12)20(14)3/h6-9H,4-5,10-11,17H2,1-3H3,(H,18,21). The zero-order valence-corrected chi connectivity index (χ0v) is 13.0. The zero-order chi connectivity index (χ0) is 15.5. The van der Waals surface area contributed by atoms with Crippen LogP contribution in [0.25, 0.3) is 11.0 Å². The molecule has 0 aliphatic heterocycles. The molecule has 0 radical (unpaired) electrons. The van der Waals surface area contributed by atoms with Crippen molar-refractivity contribution in [3.05, 3.63) is 30.1 Å². The van der Waals surface area contributed by atoms with Crippen molar-refractivity contribution in [2.45, 2.75) is 33.2 Å². The monoisotopic (exact) mass is 288 g/mol. The molecule has 1 aromatic heterocycles. The van der Waals surface area contributed by atoms with Crippen LogP contribution in [0.4, 0.5) is 0 Å². The minimum Gasteiger partial charge on any atom is -0.348 e. The summed E-state index contributed by atoms with van der Waals surface area (Å²) in [5.74, 6) is 0.865. The Morgan fingerprint density at radius 3 is 2.57 bits per heavy atom. The summed E-state index contributed by atoms with van der Waals surface area (Å²) in [4.78, 5) is 17.0. The van der Waals surface area contributed by atoms with Gasteiger partial charge in [-0.05, 0) is 25.0 Å². The van der Waals surface area contributed by atoms with Gasteiger partial charge in [0.2, 0.25) is 5.91 Å². The summed E-state index contributed by atoms with van der Waals surface area (Å²) >= 11 is 0. The molecule has 2 aromatic rings. The first-order chi connectivity index (χ1) is 10.1. The van der Waals surface area contributed by atoms with Crippen molar-refractivity contribution in [2.24, 2.45) is 18.2 Å². The SMILES string of the molecule is CCC(CC)(CN)C(=O)NCc1nc2ccccc2n1C. The van der Waals surface area contributed by atoms with Crippen LogP contribution in [-0.4, -0.2) is 22.0 Å². The Morgan fingerprint density at radius 2 is 2.00 bits per heavy atom. The molecule has 3 N–H and O–H groups in total. The molecule has 2 rings (SSSR count). The molecule has 21 heavy (non-hydrogen) atoms. The number of amides is 1. The van der Waals surface area contributed by atoms with E-state index in [1.807, 2.05) is 49.7 Å². The van der Waals surface area contributed by atoms with Gasteiger partial charge >= 0.3 is 0 Å². The number of nitrogens with two attached hydrogens (primary N) is 1. The second kappa shape index (κ2) is 6.26. The van der Waals surface area contributed by atoms with Crippen molar-refractivity contribution < 1.29 is 4.79 Å². The molecule has 0 fully saturated rings. The van der Waals surface area contributed by atoms with Crippen molar-refractivity contribution in [3.8, 4) is 0 Å². The zero-order valence-electron chi connectivity index (χ0n) is 13.0. The van der Waals surface area contributed by atoms with Gasteiger partial charge in [-0.3, -0.25) is 4.79 Å². The van der Waals surface area contributed by atoms with Crippen LogP contribution in [0.1, 0.15) is 32.5 Å². The molecular formula is C16H24N4O. The number of hydrogen-bond acceptors (Lipinski definition) is 3. The van der Waals surface area contributed by atoms with Gasteiger partial charge in [0, 0.05) is 13.6 Å². The lowest BCUT2D eigenvalue weighted by Crippen LogP contribution is -2.45. The van der Waals surface area contributed by atoms with Crippen LogP contribution in [0.5, 0.6) is 0 Å². The molecule has 5 heteroatoms. The topological polar surface area (TPSA) is 72.9 Å². The predicted molar refractivity (Wildman–Crippen MR) is 84.6 cm³/mol. The number of nitrogens with one attached hydrogen (secondary N) is 1. The summed E-state index contributed by atoms with van der Waals surface area (Å²) in [6.45, 7) is 4.80. The van der Waals surface area contributed by atoms with Crippen LogP contribution < -0.4 is 11.1 Å². The Balaban J connectivity index is 2.15. The maximum absolute atomic E-state index is 12.4. The lowest BCUT2D eigenvalue weighted by atomic mass is 9.81. The Bertz CT molecular complexity index is 620.